The number of hydrogen-bond donors (Lipinski definition) is 2. The Morgan fingerprint density at radius 3 is 2.71 bits per heavy atom. The van der Waals surface area contributed by atoms with Crippen LogP contribution in [0.4, 0.5) is 5.82 Å². The fourth-order valence-electron chi connectivity index (χ4n) is 2.22. The van der Waals surface area contributed by atoms with Crippen molar-refractivity contribution in [2.75, 3.05) is 5.32 Å². The molecule has 1 fully saturated rings. The Hall–Kier alpha value is -0.870. The van der Waals surface area contributed by atoms with Crippen LogP contribution in [0.2, 0.25) is 5.02 Å². The largest absolute Gasteiger partial charge is 0.371 e. The first-order valence-corrected chi connectivity index (χ1v) is 6.52. The minimum atomic E-state index is -0.860. The zero-order valence-corrected chi connectivity index (χ0v) is 10.8. The number of aryl methyl sites for hydroxylation is 1. The summed E-state index contributed by atoms with van der Waals surface area (Å²) < 4.78 is 0. The number of hydrogen-bond acceptors (Lipinski definition) is 4. The molecule has 0 atom stereocenters. The Kier molecular flexibility index (Phi) is 3.84. The minimum absolute atomic E-state index is 0.522. The van der Waals surface area contributed by atoms with E-state index in [1.807, 2.05) is 6.92 Å². The van der Waals surface area contributed by atoms with Crippen molar-refractivity contribution < 1.29 is 5.11 Å². The third-order valence-electron chi connectivity index (χ3n) is 3.23. The second-order valence-corrected chi connectivity index (χ2v) is 4.93. The fourth-order valence-corrected chi connectivity index (χ4v) is 2.50. The van der Waals surface area contributed by atoms with Crippen LogP contribution in [0, 0.1) is 0 Å². The molecule has 0 aromatic carbocycles. The second-order valence-electron chi connectivity index (χ2n) is 4.55. The van der Waals surface area contributed by atoms with Gasteiger partial charge in [-0.3, -0.25) is 0 Å². The van der Waals surface area contributed by atoms with Crippen LogP contribution in [0.25, 0.3) is 0 Å². The molecule has 0 spiro atoms. The molecule has 0 amide bonds. The average molecular weight is 256 g/mol. The van der Waals surface area contributed by atoms with Crippen LogP contribution in [0.3, 0.4) is 0 Å². The van der Waals surface area contributed by atoms with Gasteiger partial charge in [-0.2, -0.15) is 0 Å². The molecular formula is C12H18ClN3O. The van der Waals surface area contributed by atoms with Crippen molar-refractivity contribution in [1.29, 1.82) is 0 Å². The van der Waals surface area contributed by atoms with Crippen LogP contribution < -0.4 is 5.32 Å². The predicted molar refractivity (Wildman–Crippen MR) is 68.1 cm³/mol. The topological polar surface area (TPSA) is 58.0 Å². The summed E-state index contributed by atoms with van der Waals surface area (Å²) in [6, 6.07) is 0. The summed E-state index contributed by atoms with van der Waals surface area (Å²) in [7, 11) is 0. The van der Waals surface area contributed by atoms with E-state index in [0.29, 0.717) is 10.8 Å². The zero-order chi connectivity index (χ0) is 12.3. The van der Waals surface area contributed by atoms with Gasteiger partial charge in [0.2, 0.25) is 0 Å². The quantitative estimate of drug-likeness (QED) is 0.816. The van der Waals surface area contributed by atoms with Crippen molar-refractivity contribution in [2.45, 2.75) is 51.2 Å². The van der Waals surface area contributed by atoms with Crippen LogP contribution in [0.1, 0.15) is 44.7 Å². The van der Waals surface area contributed by atoms with E-state index in [2.05, 4.69) is 15.3 Å². The molecule has 2 rings (SSSR count). The summed E-state index contributed by atoms with van der Waals surface area (Å²) in [4.78, 5) is 8.22. The maximum atomic E-state index is 10.4. The highest BCUT2D eigenvalue weighted by Crippen LogP contribution is 2.31. The molecule has 0 bridgehead atoms. The van der Waals surface area contributed by atoms with Gasteiger partial charge < -0.3 is 10.4 Å². The molecule has 0 aliphatic heterocycles. The van der Waals surface area contributed by atoms with E-state index in [4.69, 9.17) is 11.6 Å². The lowest BCUT2D eigenvalue weighted by atomic mass is 9.92. The zero-order valence-electron chi connectivity index (χ0n) is 10.0. The van der Waals surface area contributed by atoms with Crippen LogP contribution in [0.5, 0.6) is 0 Å². The smallest absolute Gasteiger partial charge is 0.150 e. The first-order chi connectivity index (χ1) is 8.14. The minimum Gasteiger partial charge on any atom is -0.371 e. The highest BCUT2D eigenvalue weighted by molar-refractivity contribution is 6.33. The van der Waals surface area contributed by atoms with Gasteiger partial charge in [-0.25, -0.2) is 9.97 Å². The predicted octanol–water partition coefficient (Wildman–Crippen LogP) is 2.76. The maximum Gasteiger partial charge on any atom is 0.150 e. The van der Waals surface area contributed by atoms with Gasteiger partial charge in [0, 0.05) is 0 Å². The number of aromatic nitrogens is 2. The van der Waals surface area contributed by atoms with Crippen LogP contribution >= 0.6 is 11.6 Å². The second kappa shape index (κ2) is 5.19. The molecule has 17 heavy (non-hydrogen) atoms. The Labute approximate surface area is 106 Å². The number of anilines is 1. The highest BCUT2D eigenvalue weighted by atomic mass is 35.5. The van der Waals surface area contributed by atoms with Gasteiger partial charge in [-0.1, -0.05) is 24.9 Å². The van der Waals surface area contributed by atoms with E-state index in [1.165, 1.54) is 12.7 Å². The van der Waals surface area contributed by atoms with Gasteiger partial charge in [0.25, 0.3) is 0 Å². The Morgan fingerprint density at radius 1 is 1.35 bits per heavy atom. The average Bonchev–Trinajstić information content (AvgIpc) is 2.32. The number of halogens is 1. The van der Waals surface area contributed by atoms with Crippen molar-refractivity contribution in [2.24, 2.45) is 0 Å². The lowest BCUT2D eigenvalue weighted by molar-refractivity contribution is 0.0313. The number of nitrogens with zero attached hydrogens (tertiary/aromatic N) is 2. The van der Waals surface area contributed by atoms with Gasteiger partial charge in [-0.15, -0.1) is 0 Å². The Balaban J connectivity index is 2.17. The molecule has 2 N–H and O–H groups in total. The van der Waals surface area contributed by atoms with Crippen LogP contribution in [0.15, 0.2) is 6.33 Å². The molecule has 1 aromatic heterocycles. The third kappa shape index (κ3) is 2.87. The molecule has 5 heteroatoms. The van der Waals surface area contributed by atoms with Crippen molar-refractivity contribution in [3.05, 3.63) is 17.0 Å². The molecule has 1 aliphatic carbocycles. The summed E-state index contributed by atoms with van der Waals surface area (Å²) >= 11 is 6.19. The number of aliphatic hydroxyl groups is 1. The van der Waals surface area contributed by atoms with E-state index < -0.39 is 5.72 Å². The Bertz CT molecular complexity index is 391. The van der Waals surface area contributed by atoms with Crippen LogP contribution in [-0.4, -0.2) is 20.8 Å². The summed E-state index contributed by atoms with van der Waals surface area (Å²) in [5.41, 5.74) is -0.0510. The monoisotopic (exact) mass is 255 g/mol. The summed E-state index contributed by atoms with van der Waals surface area (Å²) in [5, 5.41) is 14.0. The standard InChI is InChI=1S/C12H18ClN3O/c1-2-9-10(13)11(15-8-14-9)16-12(17)6-4-3-5-7-12/h8,17H,2-7H2,1H3,(H,14,15,16). The fraction of sp³-hybridized carbons (Fsp3) is 0.667. The first kappa shape index (κ1) is 12.6. The van der Waals surface area contributed by atoms with E-state index in [9.17, 15) is 5.11 Å². The third-order valence-corrected chi connectivity index (χ3v) is 3.63. The van der Waals surface area contributed by atoms with Gasteiger partial charge in [0.05, 0.1) is 5.69 Å². The van der Waals surface area contributed by atoms with Crippen molar-refractivity contribution >= 4 is 17.4 Å². The molecule has 1 aliphatic rings. The molecule has 1 heterocycles. The normalized spacial score (nSPS) is 19.0. The van der Waals surface area contributed by atoms with E-state index in [1.54, 1.807) is 0 Å². The number of rotatable bonds is 3. The summed E-state index contributed by atoms with van der Waals surface area (Å²) in [5.74, 6) is 0.544. The lowest BCUT2D eigenvalue weighted by Crippen LogP contribution is -2.40. The molecule has 1 saturated carbocycles. The number of nitrogens with one attached hydrogen (secondary N) is 1. The van der Waals surface area contributed by atoms with Gasteiger partial charge in [-0.05, 0) is 32.1 Å². The lowest BCUT2D eigenvalue weighted by Gasteiger charge is -2.33. The van der Waals surface area contributed by atoms with E-state index in [0.717, 1.165) is 37.8 Å². The van der Waals surface area contributed by atoms with Gasteiger partial charge >= 0.3 is 0 Å². The molecule has 0 radical (unpaired) electrons. The molecular weight excluding hydrogens is 238 g/mol. The van der Waals surface area contributed by atoms with Crippen molar-refractivity contribution in [3.63, 3.8) is 0 Å². The van der Waals surface area contributed by atoms with E-state index in [-0.39, 0.29) is 0 Å². The SMILES string of the molecule is CCc1ncnc(NC2(O)CCCCC2)c1Cl. The highest BCUT2D eigenvalue weighted by Gasteiger charge is 2.30. The molecule has 0 saturated heterocycles. The molecule has 1 aromatic rings. The van der Waals surface area contributed by atoms with Crippen LogP contribution in [-0.2, 0) is 6.42 Å². The van der Waals surface area contributed by atoms with Gasteiger partial charge in [0.15, 0.2) is 5.82 Å². The summed E-state index contributed by atoms with van der Waals surface area (Å²) in [6.45, 7) is 1.99. The Morgan fingerprint density at radius 2 is 2.06 bits per heavy atom. The molecule has 94 valence electrons. The molecule has 4 nitrogen and oxygen atoms in total. The van der Waals surface area contributed by atoms with Crippen molar-refractivity contribution in [3.8, 4) is 0 Å². The first-order valence-electron chi connectivity index (χ1n) is 6.14. The maximum absolute atomic E-state index is 10.4. The molecule has 0 unspecified atom stereocenters. The van der Waals surface area contributed by atoms with Gasteiger partial charge in [0.1, 0.15) is 17.1 Å². The van der Waals surface area contributed by atoms with Crippen molar-refractivity contribution in [1.82, 2.24) is 9.97 Å². The summed E-state index contributed by atoms with van der Waals surface area (Å²) in [6.07, 6.45) is 6.98. The van der Waals surface area contributed by atoms with E-state index >= 15 is 0 Å².